The molecule has 0 aliphatic carbocycles. The molecule has 0 bridgehead atoms. The number of hydrogen-bond donors (Lipinski definition) is 0. The Morgan fingerprint density at radius 2 is 2.29 bits per heavy atom. The second kappa shape index (κ2) is 5.14. The largest absolute Gasteiger partial charge is 0.337 e. The highest BCUT2D eigenvalue weighted by Gasteiger charge is 2.27. The van der Waals surface area contributed by atoms with Gasteiger partial charge in [0, 0.05) is 25.3 Å². The van der Waals surface area contributed by atoms with Gasteiger partial charge < -0.3 is 9.80 Å². The van der Waals surface area contributed by atoms with Crippen LogP contribution in [0.5, 0.6) is 0 Å². The number of halogens is 1. The van der Waals surface area contributed by atoms with E-state index in [0.717, 1.165) is 24.1 Å². The average Bonchev–Trinajstić information content (AvgIpc) is 2.78. The fraction of sp³-hybridized carbons (Fsp3) is 0.500. The molecule has 17 heavy (non-hydrogen) atoms. The van der Waals surface area contributed by atoms with E-state index in [1.165, 1.54) is 0 Å². The zero-order valence-corrected chi connectivity index (χ0v) is 11.6. The van der Waals surface area contributed by atoms with E-state index in [4.69, 9.17) is 0 Å². The maximum atomic E-state index is 12.2. The van der Waals surface area contributed by atoms with Crippen LogP contribution in [0.1, 0.15) is 16.8 Å². The summed E-state index contributed by atoms with van der Waals surface area (Å²) in [5.41, 5.74) is 0.660. The lowest BCUT2D eigenvalue weighted by atomic mass is 10.2. The summed E-state index contributed by atoms with van der Waals surface area (Å²) in [6.07, 6.45) is 2.66. The molecule has 1 amide bonds. The van der Waals surface area contributed by atoms with Crippen LogP contribution in [0.15, 0.2) is 22.9 Å². The Morgan fingerprint density at radius 3 is 2.82 bits per heavy atom. The minimum absolute atomic E-state index is 0.0781. The van der Waals surface area contributed by atoms with Crippen LogP contribution in [-0.2, 0) is 0 Å². The van der Waals surface area contributed by atoms with Gasteiger partial charge in [-0.15, -0.1) is 0 Å². The summed E-state index contributed by atoms with van der Waals surface area (Å²) in [6.45, 7) is 1.64. The topological polar surface area (TPSA) is 36.4 Å². The molecule has 0 radical (unpaired) electrons. The number of carbonyl (C=O) groups excluding carboxylic acids is 1. The Hall–Kier alpha value is -0.940. The molecular weight excluding hydrogens is 282 g/mol. The molecule has 0 aromatic carbocycles. The van der Waals surface area contributed by atoms with Crippen molar-refractivity contribution in [3.8, 4) is 0 Å². The number of aromatic nitrogens is 1. The van der Waals surface area contributed by atoms with Crippen LogP contribution in [-0.4, -0.2) is 53.9 Å². The number of nitrogens with zero attached hydrogens (tertiary/aromatic N) is 3. The van der Waals surface area contributed by atoms with Crippen molar-refractivity contribution < 1.29 is 4.79 Å². The Morgan fingerprint density at radius 1 is 1.53 bits per heavy atom. The number of likely N-dealkylation sites (N-methyl/N-ethyl adjacent to an activating group) is 1. The molecule has 1 atom stereocenters. The molecule has 4 nitrogen and oxygen atoms in total. The Labute approximate surface area is 110 Å². The lowest BCUT2D eigenvalue weighted by Gasteiger charge is -2.20. The molecule has 1 unspecified atom stereocenters. The molecule has 92 valence electrons. The zero-order chi connectivity index (χ0) is 12.4. The second-order valence-electron chi connectivity index (χ2n) is 4.53. The maximum absolute atomic E-state index is 12.2. The van der Waals surface area contributed by atoms with E-state index >= 15 is 0 Å². The van der Waals surface area contributed by atoms with Gasteiger partial charge in [0.25, 0.3) is 5.91 Å². The first-order valence-corrected chi connectivity index (χ1v) is 6.44. The number of amides is 1. The van der Waals surface area contributed by atoms with Gasteiger partial charge in [-0.2, -0.15) is 0 Å². The van der Waals surface area contributed by atoms with E-state index < -0.39 is 0 Å². The van der Waals surface area contributed by atoms with Crippen LogP contribution in [0.3, 0.4) is 0 Å². The summed E-state index contributed by atoms with van der Waals surface area (Å²) in [5.74, 6) is 0.0781. The Balaban J connectivity index is 2.04. The van der Waals surface area contributed by atoms with Crippen LogP contribution in [0.2, 0.25) is 0 Å². The molecule has 1 saturated heterocycles. The number of likely N-dealkylation sites (tertiary alicyclic amines) is 1. The maximum Gasteiger partial charge on any atom is 0.255 e. The molecule has 0 N–H and O–H groups in total. The van der Waals surface area contributed by atoms with Gasteiger partial charge in [-0.05, 0) is 48.6 Å². The lowest BCUT2D eigenvalue weighted by Crippen LogP contribution is -2.34. The van der Waals surface area contributed by atoms with E-state index in [0.29, 0.717) is 11.6 Å². The van der Waals surface area contributed by atoms with Crippen molar-refractivity contribution >= 4 is 21.8 Å². The monoisotopic (exact) mass is 297 g/mol. The number of pyridine rings is 1. The molecule has 2 heterocycles. The van der Waals surface area contributed by atoms with Crippen molar-refractivity contribution in [1.82, 2.24) is 14.8 Å². The molecule has 5 heteroatoms. The first-order chi connectivity index (χ1) is 8.08. The Kier molecular flexibility index (Phi) is 3.79. The molecular formula is C12H16BrN3O. The number of rotatable bonds is 2. The van der Waals surface area contributed by atoms with Gasteiger partial charge in [-0.1, -0.05) is 0 Å². The molecule has 2 rings (SSSR count). The third-order valence-electron chi connectivity index (χ3n) is 3.16. The van der Waals surface area contributed by atoms with Crippen molar-refractivity contribution in [2.45, 2.75) is 12.5 Å². The summed E-state index contributed by atoms with van der Waals surface area (Å²) >= 11 is 3.26. The highest BCUT2D eigenvalue weighted by molar-refractivity contribution is 9.10. The second-order valence-corrected chi connectivity index (χ2v) is 5.34. The number of hydrogen-bond acceptors (Lipinski definition) is 3. The molecule has 1 aliphatic rings. The van der Waals surface area contributed by atoms with E-state index in [9.17, 15) is 4.79 Å². The summed E-state index contributed by atoms with van der Waals surface area (Å²) in [7, 11) is 4.11. The fourth-order valence-corrected chi connectivity index (χ4v) is 2.27. The summed E-state index contributed by atoms with van der Waals surface area (Å²) < 4.78 is 0.752. The molecule has 0 spiro atoms. The van der Waals surface area contributed by atoms with Gasteiger partial charge in [0.15, 0.2) is 0 Å². The van der Waals surface area contributed by atoms with Crippen molar-refractivity contribution in [3.05, 3.63) is 28.5 Å². The standard InChI is InChI=1S/C12H16BrN3O/c1-15(2)10-5-6-16(8-10)12(17)9-3-4-11(13)14-7-9/h3-4,7,10H,5-6,8H2,1-2H3. The highest BCUT2D eigenvalue weighted by atomic mass is 79.9. The van der Waals surface area contributed by atoms with Gasteiger partial charge >= 0.3 is 0 Å². The van der Waals surface area contributed by atoms with Crippen LogP contribution in [0, 0.1) is 0 Å². The van der Waals surface area contributed by atoms with Crippen LogP contribution < -0.4 is 0 Å². The molecule has 1 fully saturated rings. The third-order valence-corrected chi connectivity index (χ3v) is 3.62. The quantitative estimate of drug-likeness (QED) is 0.779. The zero-order valence-electron chi connectivity index (χ0n) is 10.1. The average molecular weight is 298 g/mol. The van der Waals surface area contributed by atoms with Crippen molar-refractivity contribution in [3.63, 3.8) is 0 Å². The summed E-state index contributed by atoms with van der Waals surface area (Å²) in [4.78, 5) is 20.3. The minimum Gasteiger partial charge on any atom is -0.337 e. The molecule has 1 aliphatic heterocycles. The summed E-state index contributed by atoms with van der Waals surface area (Å²) in [5, 5.41) is 0. The van der Waals surface area contributed by atoms with Crippen molar-refractivity contribution in [1.29, 1.82) is 0 Å². The van der Waals surface area contributed by atoms with E-state index in [1.54, 1.807) is 12.3 Å². The predicted octanol–water partition coefficient (Wildman–Crippen LogP) is 1.62. The molecule has 1 aromatic heterocycles. The van der Waals surface area contributed by atoms with Gasteiger partial charge in [0.1, 0.15) is 4.60 Å². The van der Waals surface area contributed by atoms with Gasteiger partial charge in [0.05, 0.1) is 5.56 Å². The third kappa shape index (κ3) is 2.84. The minimum atomic E-state index is 0.0781. The first-order valence-electron chi connectivity index (χ1n) is 5.65. The predicted molar refractivity (Wildman–Crippen MR) is 69.9 cm³/mol. The van der Waals surface area contributed by atoms with Crippen LogP contribution in [0.25, 0.3) is 0 Å². The van der Waals surface area contributed by atoms with Gasteiger partial charge in [0.2, 0.25) is 0 Å². The van der Waals surface area contributed by atoms with Crippen LogP contribution in [0.4, 0.5) is 0 Å². The SMILES string of the molecule is CN(C)C1CCN(C(=O)c2ccc(Br)nc2)C1. The van der Waals surface area contributed by atoms with Crippen LogP contribution >= 0.6 is 15.9 Å². The number of carbonyl (C=O) groups is 1. The lowest BCUT2D eigenvalue weighted by molar-refractivity contribution is 0.0782. The molecule has 1 aromatic rings. The van der Waals surface area contributed by atoms with E-state index in [2.05, 4.69) is 39.9 Å². The van der Waals surface area contributed by atoms with Gasteiger partial charge in [-0.25, -0.2) is 4.98 Å². The van der Waals surface area contributed by atoms with E-state index in [1.807, 2.05) is 11.0 Å². The smallest absolute Gasteiger partial charge is 0.255 e. The first kappa shape index (κ1) is 12.5. The summed E-state index contributed by atoms with van der Waals surface area (Å²) in [6, 6.07) is 4.08. The van der Waals surface area contributed by atoms with Gasteiger partial charge in [-0.3, -0.25) is 4.79 Å². The van der Waals surface area contributed by atoms with E-state index in [-0.39, 0.29) is 5.91 Å². The molecule has 0 saturated carbocycles. The Bertz CT molecular complexity index is 405. The highest BCUT2D eigenvalue weighted by Crippen LogP contribution is 2.16. The van der Waals surface area contributed by atoms with Crippen molar-refractivity contribution in [2.24, 2.45) is 0 Å². The van der Waals surface area contributed by atoms with Crippen molar-refractivity contribution in [2.75, 3.05) is 27.2 Å². The fourth-order valence-electron chi connectivity index (χ4n) is 2.03. The normalized spacial score (nSPS) is 20.0.